The van der Waals surface area contributed by atoms with Crippen LogP contribution in [0.4, 0.5) is 5.69 Å². The van der Waals surface area contributed by atoms with Crippen LogP contribution in [0.5, 0.6) is 0 Å². The molecule has 1 heterocycles. The van der Waals surface area contributed by atoms with E-state index in [4.69, 9.17) is 0 Å². The van der Waals surface area contributed by atoms with Gasteiger partial charge in [0, 0.05) is 23.3 Å². The van der Waals surface area contributed by atoms with Crippen molar-refractivity contribution in [1.82, 2.24) is 10.2 Å². The van der Waals surface area contributed by atoms with E-state index in [1.54, 1.807) is 24.3 Å². The lowest BCUT2D eigenvalue weighted by molar-refractivity contribution is 0.0326. The summed E-state index contributed by atoms with van der Waals surface area (Å²) in [6.45, 7) is 2.92. The number of nitrogens with zero attached hydrogens (tertiary/aromatic N) is 1. The molecule has 1 amide bonds. The van der Waals surface area contributed by atoms with Crippen molar-refractivity contribution in [3.8, 4) is 0 Å². The third-order valence-corrected chi connectivity index (χ3v) is 6.42. The van der Waals surface area contributed by atoms with Crippen molar-refractivity contribution in [2.24, 2.45) is 0 Å². The third kappa shape index (κ3) is 5.45. The maximum absolute atomic E-state index is 12.7. The number of nitrogens with one attached hydrogen (secondary N) is 2. The lowest BCUT2D eigenvalue weighted by Gasteiger charge is -2.48. The predicted octanol–water partition coefficient (Wildman–Crippen LogP) is 2.98. The largest absolute Gasteiger partial charge is 0.350 e. The fourth-order valence-corrected chi connectivity index (χ4v) is 5.02. The van der Waals surface area contributed by atoms with E-state index < -0.39 is 10.0 Å². The summed E-state index contributed by atoms with van der Waals surface area (Å²) in [7, 11) is -3.36. The molecule has 0 radical (unpaired) electrons. The molecule has 0 bridgehead atoms. The molecule has 2 N–H and O–H groups in total. The minimum absolute atomic E-state index is 0.0803. The highest BCUT2D eigenvalue weighted by Gasteiger charge is 2.38. The first-order valence-corrected chi connectivity index (χ1v) is 11.9. The van der Waals surface area contributed by atoms with Crippen molar-refractivity contribution < 1.29 is 13.2 Å². The fraction of sp³-hybridized carbons (Fsp3) is 0.650. The van der Waals surface area contributed by atoms with Gasteiger partial charge in [-0.2, -0.15) is 0 Å². The summed E-state index contributed by atoms with van der Waals surface area (Å²) in [6.07, 6.45) is 10.9. The van der Waals surface area contributed by atoms with Gasteiger partial charge in [-0.05, 0) is 57.0 Å². The van der Waals surface area contributed by atoms with Crippen LogP contribution in [-0.2, 0) is 10.0 Å². The number of rotatable bonds is 6. The molecule has 1 aliphatic heterocycles. The summed E-state index contributed by atoms with van der Waals surface area (Å²) in [5.41, 5.74) is 0.971. The number of anilines is 1. The first-order chi connectivity index (χ1) is 12.9. The summed E-state index contributed by atoms with van der Waals surface area (Å²) in [6, 6.07) is 6.65. The van der Waals surface area contributed by atoms with Gasteiger partial charge in [0.2, 0.25) is 10.0 Å². The number of amides is 1. The summed E-state index contributed by atoms with van der Waals surface area (Å²) >= 11 is 0. The number of likely N-dealkylation sites (tertiary alicyclic amines) is 1. The van der Waals surface area contributed by atoms with Crippen molar-refractivity contribution in [2.75, 3.05) is 30.6 Å². The average molecular weight is 394 g/mol. The molecule has 0 unspecified atom stereocenters. The quantitative estimate of drug-likeness (QED) is 0.779. The predicted molar refractivity (Wildman–Crippen MR) is 108 cm³/mol. The van der Waals surface area contributed by atoms with Gasteiger partial charge in [-0.25, -0.2) is 8.42 Å². The van der Waals surface area contributed by atoms with Gasteiger partial charge in [-0.3, -0.25) is 14.4 Å². The maximum atomic E-state index is 12.7. The van der Waals surface area contributed by atoms with E-state index >= 15 is 0 Å². The van der Waals surface area contributed by atoms with Crippen LogP contribution in [-0.4, -0.2) is 50.7 Å². The molecule has 6 nitrogen and oxygen atoms in total. The van der Waals surface area contributed by atoms with Gasteiger partial charge in [0.1, 0.15) is 0 Å². The van der Waals surface area contributed by atoms with Crippen LogP contribution in [0.2, 0.25) is 0 Å². The Morgan fingerprint density at radius 1 is 1.07 bits per heavy atom. The average Bonchev–Trinajstić information content (AvgIpc) is 2.66. The van der Waals surface area contributed by atoms with E-state index in [0.717, 1.165) is 32.2 Å². The second kappa shape index (κ2) is 8.61. The van der Waals surface area contributed by atoms with Crippen LogP contribution in [0.25, 0.3) is 0 Å². The molecular weight excluding hydrogens is 362 g/mol. The minimum atomic E-state index is -3.36. The van der Waals surface area contributed by atoms with Crippen LogP contribution >= 0.6 is 0 Å². The number of carbonyl (C=O) groups is 1. The molecule has 0 aromatic heterocycles. The minimum Gasteiger partial charge on any atom is -0.350 e. The Morgan fingerprint density at radius 3 is 2.41 bits per heavy atom. The van der Waals surface area contributed by atoms with Crippen molar-refractivity contribution in [1.29, 1.82) is 0 Å². The summed E-state index contributed by atoms with van der Waals surface area (Å²) in [5.74, 6) is -0.144. The second-order valence-corrected chi connectivity index (χ2v) is 9.72. The van der Waals surface area contributed by atoms with E-state index in [2.05, 4.69) is 14.9 Å². The number of hydrogen-bond donors (Lipinski definition) is 2. The number of carbonyl (C=O) groups excluding carboxylic acids is 1. The molecule has 27 heavy (non-hydrogen) atoms. The van der Waals surface area contributed by atoms with E-state index in [-0.39, 0.29) is 11.4 Å². The van der Waals surface area contributed by atoms with Crippen LogP contribution in [0.3, 0.4) is 0 Å². The summed E-state index contributed by atoms with van der Waals surface area (Å²) in [5, 5.41) is 3.14. The Bertz CT molecular complexity index is 751. The van der Waals surface area contributed by atoms with Gasteiger partial charge < -0.3 is 5.32 Å². The Kier molecular flexibility index (Phi) is 6.42. The van der Waals surface area contributed by atoms with Gasteiger partial charge in [0.15, 0.2) is 0 Å². The second-order valence-electron chi connectivity index (χ2n) is 7.97. The molecule has 0 atom stereocenters. The summed E-state index contributed by atoms with van der Waals surface area (Å²) in [4.78, 5) is 15.3. The molecule has 7 heteroatoms. The highest BCUT2D eigenvalue weighted by molar-refractivity contribution is 7.92. The molecule has 1 saturated heterocycles. The molecule has 2 aliphatic rings. The van der Waals surface area contributed by atoms with Gasteiger partial charge in [0.05, 0.1) is 6.26 Å². The maximum Gasteiger partial charge on any atom is 0.251 e. The lowest BCUT2D eigenvalue weighted by atomic mass is 9.79. The lowest BCUT2D eigenvalue weighted by Crippen LogP contribution is -2.58. The Labute approximate surface area is 162 Å². The highest BCUT2D eigenvalue weighted by atomic mass is 32.2. The molecule has 3 rings (SSSR count). The first kappa shape index (κ1) is 20.1. The zero-order chi connectivity index (χ0) is 19.3. The van der Waals surface area contributed by atoms with Gasteiger partial charge >= 0.3 is 0 Å². The zero-order valence-corrected chi connectivity index (χ0v) is 17.0. The van der Waals surface area contributed by atoms with E-state index in [9.17, 15) is 13.2 Å². The van der Waals surface area contributed by atoms with Crippen molar-refractivity contribution in [3.63, 3.8) is 0 Å². The highest BCUT2D eigenvalue weighted by Crippen LogP contribution is 2.35. The van der Waals surface area contributed by atoms with Crippen molar-refractivity contribution >= 4 is 21.6 Å². The fourth-order valence-electron chi connectivity index (χ4n) is 4.47. The van der Waals surface area contributed by atoms with E-state index in [1.807, 2.05) is 0 Å². The third-order valence-electron chi connectivity index (χ3n) is 5.82. The molecule has 150 valence electrons. The molecule has 1 aliphatic carbocycles. The van der Waals surface area contributed by atoms with E-state index in [1.165, 1.54) is 38.5 Å². The Balaban J connectivity index is 1.68. The standard InChI is InChI=1S/C20H31N3O3S/c1-27(25,26)22-18-10-8-9-17(15-18)19(24)21-16-20(11-4-2-5-12-20)23-13-6-3-7-14-23/h8-10,15,22H,2-7,11-14,16H2,1H3,(H,21,24). The van der Waals surface area contributed by atoms with Gasteiger partial charge in [0.25, 0.3) is 5.91 Å². The zero-order valence-electron chi connectivity index (χ0n) is 16.2. The molecule has 1 aromatic rings. The topological polar surface area (TPSA) is 78.5 Å². The first-order valence-electron chi connectivity index (χ1n) is 9.99. The van der Waals surface area contributed by atoms with Crippen LogP contribution in [0.1, 0.15) is 61.7 Å². The smallest absolute Gasteiger partial charge is 0.251 e. The van der Waals surface area contributed by atoms with Crippen LogP contribution < -0.4 is 10.0 Å². The van der Waals surface area contributed by atoms with Crippen molar-refractivity contribution in [2.45, 2.75) is 56.9 Å². The molecule has 2 fully saturated rings. The monoisotopic (exact) mass is 393 g/mol. The Morgan fingerprint density at radius 2 is 1.74 bits per heavy atom. The normalized spacial score (nSPS) is 20.8. The van der Waals surface area contributed by atoms with E-state index in [0.29, 0.717) is 17.8 Å². The Hall–Kier alpha value is -1.60. The molecule has 1 saturated carbocycles. The molecule has 0 spiro atoms. The number of sulfonamides is 1. The SMILES string of the molecule is CS(=O)(=O)Nc1cccc(C(=O)NCC2(N3CCCCC3)CCCCC2)c1. The van der Waals surface area contributed by atoms with Gasteiger partial charge in [-0.15, -0.1) is 0 Å². The van der Waals surface area contributed by atoms with Crippen LogP contribution in [0, 0.1) is 0 Å². The molecular formula is C20H31N3O3S. The number of piperidine rings is 1. The van der Waals surface area contributed by atoms with Crippen LogP contribution in [0.15, 0.2) is 24.3 Å². The van der Waals surface area contributed by atoms with Gasteiger partial charge in [-0.1, -0.05) is 31.7 Å². The number of benzene rings is 1. The van der Waals surface area contributed by atoms with Crippen molar-refractivity contribution in [3.05, 3.63) is 29.8 Å². The number of hydrogen-bond acceptors (Lipinski definition) is 4. The summed E-state index contributed by atoms with van der Waals surface area (Å²) < 4.78 is 25.3. The molecule has 1 aromatic carbocycles.